The second-order valence-electron chi connectivity index (χ2n) is 4.88. The van der Waals surface area contributed by atoms with E-state index in [1.165, 1.54) is 17.3 Å². The van der Waals surface area contributed by atoms with E-state index in [0.29, 0.717) is 12.8 Å². The highest BCUT2D eigenvalue weighted by atomic mass is 32.2. The molecule has 1 aromatic carbocycles. The first-order valence-electron chi connectivity index (χ1n) is 6.32. The predicted molar refractivity (Wildman–Crippen MR) is 72.5 cm³/mol. The standard InChI is InChI=1S/C13H15N3O3S/c17-8-11-7-14-15-13(11)20(18,19)16-12-5-9-3-1-2-4-10(9)6-12/h1-4,7,12,16-17H,5-6,8H2,(H,14,15). The predicted octanol–water partition coefficient (Wildman–Crippen LogP) is 0.348. The highest BCUT2D eigenvalue weighted by molar-refractivity contribution is 7.89. The van der Waals surface area contributed by atoms with Crippen LogP contribution in [0.5, 0.6) is 0 Å². The largest absolute Gasteiger partial charge is 0.392 e. The van der Waals surface area contributed by atoms with E-state index >= 15 is 0 Å². The number of aliphatic hydroxyl groups excluding tert-OH is 1. The number of aromatic nitrogens is 2. The number of rotatable bonds is 4. The Hall–Kier alpha value is -1.70. The lowest BCUT2D eigenvalue weighted by atomic mass is 10.1. The Labute approximate surface area is 116 Å². The van der Waals surface area contributed by atoms with E-state index in [4.69, 9.17) is 5.11 Å². The summed E-state index contributed by atoms with van der Waals surface area (Å²) in [7, 11) is -3.69. The molecule has 106 valence electrons. The second kappa shape index (κ2) is 5.01. The second-order valence-corrected chi connectivity index (χ2v) is 6.53. The van der Waals surface area contributed by atoms with Crippen LogP contribution < -0.4 is 4.72 Å². The number of aromatic amines is 1. The molecule has 0 aliphatic heterocycles. The molecule has 0 fully saturated rings. The van der Waals surface area contributed by atoms with Crippen molar-refractivity contribution in [1.29, 1.82) is 0 Å². The number of nitrogens with one attached hydrogen (secondary N) is 2. The van der Waals surface area contributed by atoms with Crippen molar-refractivity contribution >= 4 is 10.0 Å². The van der Waals surface area contributed by atoms with Crippen LogP contribution in [-0.4, -0.2) is 29.8 Å². The van der Waals surface area contributed by atoms with E-state index in [0.717, 1.165) is 0 Å². The van der Waals surface area contributed by atoms with Crippen LogP contribution in [0.15, 0.2) is 35.5 Å². The summed E-state index contributed by atoms with van der Waals surface area (Å²) >= 11 is 0. The molecule has 0 saturated heterocycles. The number of hydrogen-bond donors (Lipinski definition) is 3. The molecule has 3 N–H and O–H groups in total. The SMILES string of the molecule is O=S(=O)(NC1Cc2ccccc2C1)c1[nH]ncc1CO. The molecule has 0 amide bonds. The molecular weight excluding hydrogens is 278 g/mol. The third kappa shape index (κ3) is 2.35. The van der Waals surface area contributed by atoms with Crippen LogP contribution in [0.25, 0.3) is 0 Å². The van der Waals surface area contributed by atoms with Crippen molar-refractivity contribution in [3.63, 3.8) is 0 Å². The summed E-state index contributed by atoms with van der Waals surface area (Å²) in [6.45, 7) is -0.363. The molecule has 1 aliphatic carbocycles. The van der Waals surface area contributed by atoms with E-state index in [-0.39, 0.29) is 23.2 Å². The zero-order valence-corrected chi connectivity index (χ0v) is 11.5. The number of sulfonamides is 1. The van der Waals surface area contributed by atoms with Crippen molar-refractivity contribution in [2.24, 2.45) is 0 Å². The van der Waals surface area contributed by atoms with Crippen LogP contribution >= 0.6 is 0 Å². The number of fused-ring (bicyclic) bond motifs is 1. The first kappa shape index (κ1) is 13.3. The van der Waals surface area contributed by atoms with Crippen LogP contribution in [0.3, 0.4) is 0 Å². The number of aliphatic hydroxyl groups is 1. The van der Waals surface area contributed by atoms with Crippen LogP contribution in [0.4, 0.5) is 0 Å². The molecular formula is C13H15N3O3S. The van der Waals surface area contributed by atoms with Gasteiger partial charge in [0.15, 0.2) is 5.03 Å². The van der Waals surface area contributed by atoms with Crippen molar-refractivity contribution < 1.29 is 13.5 Å². The van der Waals surface area contributed by atoms with Crippen LogP contribution in [0, 0.1) is 0 Å². The lowest BCUT2D eigenvalue weighted by Gasteiger charge is -2.12. The van der Waals surface area contributed by atoms with Crippen LogP contribution in [-0.2, 0) is 29.5 Å². The molecule has 1 heterocycles. The van der Waals surface area contributed by atoms with Gasteiger partial charge in [0, 0.05) is 11.6 Å². The summed E-state index contributed by atoms with van der Waals surface area (Å²) in [4.78, 5) is 0. The average molecular weight is 293 g/mol. The van der Waals surface area contributed by atoms with Gasteiger partial charge in [0.2, 0.25) is 0 Å². The first-order valence-corrected chi connectivity index (χ1v) is 7.80. The quantitative estimate of drug-likeness (QED) is 0.758. The topological polar surface area (TPSA) is 95.1 Å². The lowest BCUT2D eigenvalue weighted by Crippen LogP contribution is -2.36. The Bertz CT molecular complexity index is 699. The summed E-state index contributed by atoms with van der Waals surface area (Å²) in [6.07, 6.45) is 2.67. The Kier molecular flexibility index (Phi) is 3.33. The maximum absolute atomic E-state index is 12.3. The molecule has 0 spiro atoms. The van der Waals surface area contributed by atoms with E-state index < -0.39 is 10.0 Å². The zero-order chi connectivity index (χ0) is 14.2. The average Bonchev–Trinajstić information content (AvgIpc) is 3.03. The van der Waals surface area contributed by atoms with Gasteiger partial charge in [-0.15, -0.1) is 0 Å². The van der Waals surface area contributed by atoms with Crippen LogP contribution in [0.1, 0.15) is 16.7 Å². The monoisotopic (exact) mass is 293 g/mol. The van der Waals surface area contributed by atoms with Gasteiger partial charge in [0.25, 0.3) is 10.0 Å². The maximum Gasteiger partial charge on any atom is 0.258 e. The molecule has 0 bridgehead atoms. The number of benzene rings is 1. The lowest BCUT2D eigenvalue weighted by molar-refractivity contribution is 0.278. The van der Waals surface area contributed by atoms with E-state index in [1.807, 2.05) is 24.3 Å². The number of nitrogens with zero attached hydrogens (tertiary/aromatic N) is 1. The smallest absolute Gasteiger partial charge is 0.258 e. The zero-order valence-electron chi connectivity index (χ0n) is 10.7. The van der Waals surface area contributed by atoms with E-state index in [1.54, 1.807) is 0 Å². The van der Waals surface area contributed by atoms with Crippen molar-refractivity contribution in [2.45, 2.75) is 30.5 Å². The van der Waals surface area contributed by atoms with Gasteiger partial charge in [-0.1, -0.05) is 24.3 Å². The maximum atomic E-state index is 12.3. The van der Waals surface area contributed by atoms with Gasteiger partial charge in [-0.2, -0.15) is 5.10 Å². The molecule has 3 rings (SSSR count). The van der Waals surface area contributed by atoms with Gasteiger partial charge in [0.1, 0.15) is 0 Å². The molecule has 0 saturated carbocycles. The van der Waals surface area contributed by atoms with Crippen molar-refractivity contribution in [3.8, 4) is 0 Å². The van der Waals surface area contributed by atoms with E-state index in [9.17, 15) is 8.42 Å². The van der Waals surface area contributed by atoms with Gasteiger partial charge < -0.3 is 5.11 Å². The fourth-order valence-electron chi connectivity index (χ4n) is 2.57. The minimum absolute atomic E-state index is 0.0593. The summed E-state index contributed by atoms with van der Waals surface area (Å²) in [5.74, 6) is 0. The highest BCUT2D eigenvalue weighted by Crippen LogP contribution is 2.23. The molecule has 0 radical (unpaired) electrons. The highest BCUT2D eigenvalue weighted by Gasteiger charge is 2.28. The third-order valence-corrected chi connectivity index (χ3v) is 5.02. The number of hydrogen-bond acceptors (Lipinski definition) is 4. The fraction of sp³-hybridized carbons (Fsp3) is 0.308. The molecule has 6 nitrogen and oxygen atoms in total. The summed E-state index contributed by atoms with van der Waals surface area (Å²) < 4.78 is 27.2. The summed E-state index contributed by atoms with van der Waals surface area (Å²) in [5.41, 5.74) is 2.62. The summed E-state index contributed by atoms with van der Waals surface area (Å²) in [5, 5.41) is 15.2. The normalized spacial score (nSPS) is 15.4. The molecule has 1 aromatic heterocycles. The van der Waals surface area contributed by atoms with E-state index in [2.05, 4.69) is 14.9 Å². The first-order chi connectivity index (χ1) is 9.60. The Morgan fingerprint density at radius 2 is 1.95 bits per heavy atom. The third-order valence-electron chi connectivity index (χ3n) is 3.49. The van der Waals surface area contributed by atoms with Crippen molar-refractivity contribution in [1.82, 2.24) is 14.9 Å². The molecule has 0 atom stereocenters. The van der Waals surface area contributed by atoms with Gasteiger partial charge >= 0.3 is 0 Å². The van der Waals surface area contributed by atoms with Gasteiger partial charge in [-0.25, -0.2) is 13.1 Å². The Morgan fingerprint density at radius 1 is 1.30 bits per heavy atom. The Balaban J connectivity index is 1.79. The van der Waals surface area contributed by atoms with Crippen molar-refractivity contribution in [2.75, 3.05) is 0 Å². The molecule has 2 aromatic rings. The summed E-state index contributed by atoms with van der Waals surface area (Å²) in [6, 6.07) is 7.77. The molecule has 1 aliphatic rings. The van der Waals surface area contributed by atoms with Crippen molar-refractivity contribution in [3.05, 3.63) is 47.2 Å². The molecule has 20 heavy (non-hydrogen) atoms. The fourth-order valence-corrected chi connectivity index (χ4v) is 3.92. The minimum Gasteiger partial charge on any atom is -0.392 e. The van der Waals surface area contributed by atoms with Gasteiger partial charge in [0.05, 0.1) is 12.8 Å². The Morgan fingerprint density at radius 3 is 2.55 bits per heavy atom. The van der Waals surface area contributed by atoms with Gasteiger partial charge in [-0.3, -0.25) is 5.10 Å². The number of H-pyrrole nitrogens is 1. The molecule has 0 unspecified atom stereocenters. The molecule has 7 heteroatoms. The van der Waals surface area contributed by atoms with Crippen LogP contribution in [0.2, 0.25) is 0 Å². The minimum atomic E-state index is -3.69. The van der Waals surface area contributed by atoms with Gasteiger partial charge in [-0.05, 0) is 24.0 Å².